The first kappa shape index (κ1) is 17.1. The van der Waals surface area contributed by atoms with E-state index < -0.39 is 29.7 Å². The van der Waals surface area contributed by atoms with Gasteiger partial charge < -0.3 is 16.0 Å². The van der Waals surface area contributed by atoms with Crippen molar-refractivity contribution in [1.82, 2.24) is 10.2 Å². The van der Waals surface area contributed by atoms with Crippen molar-refractivity contribution < 1.29 is 22.8 Å². The van der Waals surface area contributed by atoms with Gasteiger partial charge in [0.25, 0.3) is 0 Å². The van der Waals surface area contributed by atoms with Gasteiger partial charge in [0.05, 0.1) is 17.5 Å². The van der Waals surface area contributed by atoms with Gasteiger partial charge >= 0.3 is 12.2 Å². The number of nitrogens with zero attached hydrogens (tertiary/aromatic N) is 1. The summed E-state index contributed by atoms with van der Waals surface area (Å²) in [6, 6.07) is 3.82. The second-order valence-electron chi connectivity index (χ2n) is 5.63. The average Bonchev–Trinajstić information content (AvgIpc) is 2.96. The summed E-state index contributed by atoms with van der Waals surface area (Å²) in [6.45, 7) is 2.24. The summed E-state index contributed by atoms with van der Waals surface area (Å²) in [5.41, 5.74) is 4.81. The molecule has 0 aromatic heterocycles. The van der Waals surface area contributed by atoms with Crippen LogP contribution in [0.2, 0.25) is 0 Å². The van der Waals surface area contributed by atoms with Crippen LogP contribution in [0.5, 0.6) is 0 Å². The van der Waals surface area contributed by atoms with E-state index in [-0.39, 0.29) is 12.5 Å². The highest BCUT2D eigenvalue weighted by atomic mass is 19.4. The molecule has 1 fully saturated rings. The second-order valence-corrected chi connectivity index (χ2v) is 5.63. The lowest BCUT2D eigenvalue weighted by molar-refractivity contribution is -0.137. The molecule has 2 atom stereocenters. The topological polar surface area (TPSA) is 75.4 Å². The van der Waals surface area contributed by atoms with E-state index in [1.807, 2.05) is 0 Å². The van der Waals surface area contributed by atoms with Crippen molar-refractivity contribution >= 4 is 11.9 Å². The number of nitrogens with one attached hydrogen (secondary N) is 1. The molecule has 0 spiro atoms. The van der Waals surface area contributed by atoms with Gasteiger partial charge in [-0.1, -0.05) is 12.1 Å². The Morgan fingerprint density at radius 2 is 2.09 bits per heavy atom. The molecule has 1 saturated heterocycles. The van der Waals surface area contributed by atoms with Gasteiger partial charge in [0.2, 0.25) is 5.91 Å². The summed E-state index contributed by atoms with van der Waals surface area (Å²) in [7, 11) is 0. The van der Waals surface area contributed by atoms with Gasteiger partial charge in [0.1, 0.15) is 0 Å². The predicted octanol–water partition coefficient (Wildman–Crippen LogP) is 2.28. The molecule has 1 aromatic rings. The molecule has 0 saturated carbocycles. The van der Waals surface area contributed by atoms with Crippen molar-refractivity contribution in [3.63, 3.8) is 0 Å². The summed E-state index contributed by atoms with van der Waals surface area (Å²) in [6.07, 6.45) is -3.93. The first-order valence-corrected chi connectivity index (χ1v) is 7.20. The van der Waals surface area contributed by atoms with Crippen LogP contribution in [-0.2, 0) is 11.0 Å². The Kier molecular flexibility index (Phi) is 4.82. The first-order chi connectivity index (χ1) is 10.7. The Hall–Kier alpha value is -2.25. The van der Waals surface area contributed by atoms with Crippen LogP contribution in [-0.4, -0.2) is 29.9 Å². The van der Waals surface area contributed by atoms with Gasteiger partial charge in [0.15, 0.2) is 0 Å². The van der Waals surface area contributed by atoms with Gasteiger partial charge in [-0.15, -0.1) is 0 Å². The van der Waals surface area contributed by atoms with Gasteiger partial charge in [-0.05, 0) is 31.0 Å². The van der Waals surface area contributed by atoms with Gasteiger partial charge in [0, 0.05) is 13.1 Å². The lowest BCUT2D eigenvalue weighted by Crippen LogP contribution is -2.40. The number of hydrogen-bond donors (Lipinski definition) is 2. The Balaban J connectivity index is 2.01. The van der Waals surface area contributed by atoms with Crippen LogP contribution in [0.15, 0.2) is 24.3 Å². The van der Waals surface area contributed by atoms with E-state index in [2.05, 4.69) is 5.32 Å². The number of halogens is 3. The van der Waals surface area contributed by atoms with Crippen molar-refractivity contribution in [3.8, 4) is 0 Å². The van der Waals surface area contributed by atoms with Crippen LogP contribution >= 0.6 is 0 Å². The number of benzene rings is 1. The molecule has 5 nitrogen and oxygen atoms in total. The highest BCUT2D eigenvalue weighted by Crippen LogP contribution is 2.30. The molecule has 1 aromatic carbocycles. The molecule has 0 aliphatic carbocycles. The van der Waals surface area contributed by atoms with Gasteiger partial charge in [-0.2, -0.15) is 13.2 Å². The fourth-order valence-corrected chi connectivity index (χ4v) is 2.52. The molecule has 1 heterocycles. The number of primary amides is 1. The number of carbonyl (C=O) groups excluding carboxylic acids is 2. The van der Waals surface area contributed by atoms with Crippen molar-refractivity contribution in [2.75, 3.05) is 13.1 Å². The van der Waals surface area contributed by atoms with Crippen molar-refractivity contribution in [2.24, 2.45) is 11.7 Å². The van der Waals surface area contributed by atoms with Crippen LogP contribution in [0.25, 0.3) is 0 Å². The van der Waals surface area contributed by atoms with Crippen molar-refractivity contribution in [2.45, 2.75) is 25.6 Å². The summed E-state index contributed by atoms with van der Waals surface area (Å²) < 4.78 is 38.2. The smallest absolute Gasteiger partial charge is 0.369 e. The van der Waals surface area contributed by atoms with Gasteiger partial charge in [-0.3, -0.25) is 4.79 Å². The molecule has 3 amide bonds. The number of alkyl halides is 3. The molecule has 8 heteroatoms. The third-order valence-corrected chi connectivity index (χ3v) is 3.93. The quantitative estimate of drug-likeness (QED) is 0.893. The largest absolute Gasteiger partial charge is 0.416 e. The summed E-state index contributed by atoms with van der Waals surface area (Å²) in [5, 5.41) is 2.64. The minimum Gasteiger partial charge on any atom is -0.369 e. The van der Waals surface area contributed by atoms with E-state index in [0.29, 0.717) is 18.5 Å². The average molecular weight is 329 g/mol. The monoisotopic (exact) mass is 329 g/mol. The highest BCUT2D eigenvalue weighted by molar-refractivity contribution is 5.80. The fraction of sp³-hybridized carbons (Fsp3) is 0.467. The number of urea groups is 1. The molecule has 126 valence electrons. The Labute approximate surface area is 131 Å². The Morgan fingerprint density at radius 1 is 1.39 bits per heavy atom. The fourth-order valence-electron chi connectivity index (χ4n) is 2.52. The molecule has 0 bridgehead atoms. The number of carbonyl (C=O) groups is 2. The molecule has 2 rings (SSSR count). The zero-order chi connectivity index (χ0) is 17.2. The molecule has 1 aliphatic rings. The Bertz CT molecular complexity index is 604. The number of likely N-dealkylation sites (tertiary alicyclic amines) is 1. The molecular weight excluding hydrogens is 311 g/mol. The lowest BCUT2D eigenvalue weighted by Gasteiger charge is -2.21. The first-order valence-electron chi connectivity index (χ1n) is 7.20. The van der Waals surface area contributed by atoms with Crippen molar-refractivity contribution in [1.29, 1.82) is 0 Å². The maximum absolute atomic E-state index is 12.7. The zero-order valence-corrected chi connectivity index (χ0v) is 12.6. The van der Waals surface area contributed by atoms with Crippen LogP contribution in [0, 0.1) is 5.92 Å². The van der Waals surface area contributed by atoms with Crippen LogP contribution < -0.4 is 11.1 Å². The number of amides is 3. The van der Waals surface area contributed by atoms with E-state index >= 15 is 0 Å². The predicted molar refractivity (Wildman–Crippen MR) is 77.3 cm³/mol. The van der Waals surface area contributed by atoms with Crippen LogP contribution in [0.3, 0.4) is 0 Å². The Morgan fingerprint density at radius 3 is 2.65 bits per heavy atom. The third kappa shape index (κ3) is 4.14. The number of rotatable bonds is 3. The number of nitrogens with two attached hydrogens (primary N) is 1. The molecule has 0 unspecified atom stereocenters. The van der Waals surface area contributed by atoms with E-state index in [1.165, 1.54) is 17.0 Å². The SMILES string of the molecule is C[C@@H](NC(=O)N1CC[C@H](C(N)=O)C1)c1cccc(C(F)(F)F)c1. The van der Waals surface area contributed by atoms with E-state index in [1.54, 1.807) is 6.92 Å². The molecule has 3 N–H and O–H groups in total. The standard InChI is InChI=1S/C15H18F3N3O2/c1-9(10-3-2-4-12(7-10)15(16,17)18)20-14(23)21-6-5-11(8-21)13(19)22/h2-4,7,9,11H,5-6,8H2,1H3,(H2,19,22)(H,20,23)/t9-,11+/m1/s1. The normalized spacial score (nSPS) is 19.5. The van der Waals surface area contributed by atoms with Crippen molar-refractivity contribution in [3.05, 3.63) is 35.4 Å². The van der Waals surface area contributed by atoms with Crippen LogP contribution in [0.4, 0.5) is 18.0 Å². The zero-order valence-electron chi connectivity index (χ0n) is 12.6. The number of hydrogen-bond acceptors (Lipinski definition) is 2. The third-order valence-electron chi connectivity index (χ3n) is 3.93. The molecule has 23 heavy (non-hydrogen) atoms. The minimum atomic E-state index is -4.43. The van der Waals surface area contributed by atoms with Crippen LogP contribution in [0.1, 0.15) is 30.5 Å². The maximum Gasteiger partial charge on any atom is 0.416 e. The summed E-state index contributed by atoms with van der Waals surface area (Å²) >= 11 is 0. The van der Waals surface area contributed by atoms with E-state index in [0.717, 1.165) is 12.1 Å². The van der Waals surface area contributed by atoms with E-state index in [9.17, 15) is 22.8 Å². The van der Waals surface area contributed by atoms with E-state index in [4.69, 9.17) is 5.73 Å². The molecular formula is C15H18F3N3O2. The van der Waals surface area contributed by atoms with Gasteiger partial charge in [-0.25, -0.2) is 4.79 Å². The minimum absolute atomic E-state index is 0.233. The molecule has 1 aliphatic heterocycles. The highest BCUT2D eigenvalue weighted by Gasteiger charge is 2.32. The molecule has 0 radical (unpaired) electrons. The lowest BCUT2D eigenvalue weighted by atomic mass is 10.1. The summed E-state index contributed by atoms with van der Waals surface area (Å²) in [4.78, 5) is 24.7. The maximum atomic E-state index is 12.7. The summed E-state index contributed by atoms with van der Waals surface area (Å²) in [5.74, 6) is -0.823. The second kappa shape index (κ2) is 6.47.